The maximum atomic E-state index is 12.4. The van der Waals surface area contributed by atoms with E-state index in [1.807, 2.05) is 5.32 Å². The van der Waals surface area contributed by atoms with Gasteiger partial charge in [0.1, 0.15) is 13.2 Å². The van der Waals surface area contributed by atoms with Crippen molar-refractivity contribution in [2.24, 2.45) is 0 Å². The summed E-state index contributed by atoms with van der Waals surface area (Å²) in [4.78, 5) is 10.7. The minimum absolute atomic E-state index is 0.675. The summed E-state index contributed by atoms with van der Waals surface area (Å²) in [6.07, 6.45) is -4.54. The second kappa shape index (κ2) is 5.94. The van der Waals surface area contributed by atoms with Crippen LogP contribution in [0.4, 0.5) is 22.0 Å². The van der Waals surface area contributed by atoms with E-state index in [1.165, 1.54) is 5.32 Å². The van der Waals surface area contributed by atoms with E-state index in [-0.39, 0.29) is 0 Å². The SMILES string of the molecule is O=C(CNCC(F)(F)CO)NCC(F)(F)F. The molecule has 0 fully saturated rings. The highest BCUT2D eigenvalue weighted by Gasteiger charge is 2.29. The van der Waals surface area contributed by atoms with Crippen LogP contribution in [0.2, 0.25) is 0 Å². The molecule has 0 aliphatic carbocycles. The van der Waals surface area contributed by atoms with Gasteiger partial charge in [0.05, 0.1) is 13.1 Å². The predicted molar refractivity (Wildman–Crippen MR) is 44.0 cm³/mol. The Morgan fingerprint density at radius 2 is 1.69 bits per heavy atom. The van der Waals surface area contributed by atoms with Crippen molar-refractivity contribution >= 4 is 5.91 Å². The number of nitrogens with one attached hydrogen (secondary N) is 2. The van der Waals surface area contributed by atoms with Gasteiger partial charge in [-0.3, -0.25) is 4.79 Å². The van der Waals surface area contributed by atoms with Crippen molar-refractivity contribution in [2.45, 2.75) is 12.1 Å². The van der Waals surface area contributed by atoms with Crippen LogP contribution >= 0.6 is 0 Å². The number of alkyl halides is 5. The first kappa shape index (κ1) is 15.0. The molecular weight excluding hydrogens is 239 g/mol. The summed E-state index contributed by atoms with van der Waals surface area (Å²) < 4.78 is 59.5. The van der Waals surface area contributed by atoms with Crippen LogP contribution in [0, 0.1) is 0 Å². The van der Waals surface area contributed by atoms with Crippen LogP contribution in [-0.4, -0.2) is 49.4 Å². The summed E-state index contributed by atoms with van der Waals surface area (Å²) in [6, 6.07) is 0. The Balaban J connectivity index is 3.67. The topological polar surface area (TPSA) is 61.4 Å². The second-order valence-corrected chi connectivity index (χ2v) is 3.01. The maximum absolute atomic E-state index is 12.4. The van der Waals surface area contributed by atoms with Gasteiger partial charge in [-0.15, -0.1) is 0 Å². The summed E-state index contributed by atoms with van der Waals surface area (Å²) in [5.74, 6) is -4.45. The van der Waals surface area contributed by atoms with Crippen LogP contribution in [0.15, 0.2) is 0 Å². The molecule has 0 aromatic heterocycles. The van der Waals surface area contributed by atoms with Crippen LogP contribution in [0.1, 0.15) is 0 Å². The van der Waals surface area contributed by atoms with Crippen molar-refractivity contribution in [1.29, 1.82) is 0 Å². The minimum Gasteiger partial charge on any atom is -0.390 e. The van der Waals surface area contributed by atoms with Gasteiger partial charge in [-0.05, 0) is 0 Å². The van der Waals surface area contributed by atoms with Gasteiger partial charge < -0.3 is 15.7 Å². The molecule has 0 aliphatic rings. The number of carbonyl (C=O) groups excluding carboxylic acids is 1. The van der Waals surface area contributed by atoms with E-state index in [0.29, 0.717) is 0 Å². The lowest BCUT2D eigenvalue weighted by Crippen LogP contribution is -2.43. The lowest BCUT2D eigenvalue weighted by Gasteiger charge is -2.14. The van der Waals surface area contributed by atoms with Crippen LogP contribution in [-0.2, 0) is 4.79 Å². The van der Waals surface area contributed by atoms with Gasteiger partial charge in [-0.2, -0.15) is 13.2 Å². The summed E-state index contributed by atoms with van der Waals surface area (Å²) in [5, 5.41) is 11.5. The fourth-order valence-corrected chi connectivity index (χ4v) is 0.676. The Morgan fingerprint density at radius 3 is 2.12 bits per heavy atom. The third-order valence-corrected chi connectivity index (χ3v) is 1.39. The third-order valence-electron chi connectivity index (χ3n) is 1.39. The van der Waals surface area contributed by atoms with E-state index in [0.717, 1.165) is 0 Å². The Kier molecular flexibility index (Phi) is 5.59. The molecule has 0 radical (unpaired) electrons. The molecule has 0 aliphatic heterocycles. The lowest BCUT2D eigenvalue weighted by molar-refractivity contribution is -0.138. The molecule has 0 rings (SSSR count). The Bertz CT molecular complexity index is 231. The van der Waals surface area contributed by atoms with Crippen molar-refractivity contribution in [2.75, 3.05) is 26.2 Å². The van der Waals surface area contributed by atoms with Crippen LogP contribution in [0.25, 0.3) is 0 Å². The summed E-state index contributed by atoms with van der Waals surface area (Å²) in [5.41, 5.74) is 0. The van der Waals surface area contributed by atoms with Crippen LogP contribution in [0.5, 0.6) is 0 Å². The van der Waals surface area contributed by atoms with Crippen molar-refractivity contribution < 1.29 is 31.9 Å². The number of hydrogen-bond acceptors (Lipinski definition) is 3. The molecule has 3 N–H and O–H groups in total. The van der Waals surface area contributed by atoms with Crippen LogP contribution in [0.3, 0.4) is 0 Å². The van der Waals surface area contributed by atoms with Gasteiger partial charge in [0.15, 0.2) is 0 Å². The summed E-state index contributed by atoms with van der Waals surface area (Å²) >= 11 is 0. The second-order valence-electron chi connectivity index (χ2n) is 3.01. The molecule has 96 valence electrons. The van der Waals surface area contributed by atoms with Crippen molar-refractivity contribution in [1.82, 2.24) is 10.6 Å². The van der Waals surface area contributed by atoms with E-state index >= 15 is 0 Å². The summed E-state index contributed by atoms with van der Waals surface area (Å²) in [6.45, 7) is -4.57. The first-order chi connectivity index (χ1) is 7.16. The molecular formula is C7H11F5N2O2. The monoisotopic (exact) mass is 250 g/mol. The number of rotatable bonds is 6. The molecule has 0 saturated carbocycles. The molecule has 1 amide bonds. The Morgan fingerprint density at radius 1 is 1.12 bits per heavy atom. The van der Waals surface area contributed by atoms with Gasteiger partial charge in [0.25, 0.3) is 5.92 Å². The number of amides is 1. The van der Waals surface area contributed by atoms with Crippen molar-refractivity contribution in [3.63, 3.8) is 0 Å². The highest BCUT2D eigenvalue weighted by Crippen LogP contribution is 2.12. The standard InChI is InChI=1S/C7H11F5N2O2/c8-6(9,4-15)2-13-1-5(16)14-3-7(10,11)12/h13,15H,1-4H2,(H,14,16). The van der Waals surface area contributed by atoms with Gasteiger partial charge in [0.2, 0.25) is 5.91 Å². The van der Waals surface area contributed by atoms with Gasteiger partial charge in [0, 0.05) is 0 Å². The molecule has 0 heterocycles. The quantitative estimate of drug-likeness (QED) is 0.576. The fourth-order valence-electron chi connectivity index (χ4n) is 0.676. The average molecular weight is 250 g/mol. The molecule has 0 aromatic rings. The largest absolute Gasteiger partial charge is 0.405 e. The number of carbonyl (C=O) groups is 1. The average Bonchev–Trinajstić information content (AvgIpc) is 2.13. The highest BCUT2D eigenvalue weighted by atomic mass is 19.4. The molecule has 0 atom stereocenters. The smallest absolute Gasteiger partial charge is 0.390 e. The normalized spacial score (nSPS) is 12.6. The van der Waals surface area contributed by atoms with E-state index < -0.39 is 44.2 Å². The molecule has 0 bridgehead atoms. The third kappa shape index (κ3) is 8.36. The van der Waals surface area contributed by atoms with Gasteiger partial charge in [-0.1, -0.05) is 0 Å². The maximum Gasteiger partial charge on any atom is 0.405 e. The molecule has 4 nitrogen and oxygen atoms in total. The molecule has 0 spiro atoms. The molecule has 16 heavy (non-hydrogen) atoms. The Hall–Kier alpha value is -0.960. The van der Waals surface area contributed by atoms with E-state index in [4.69, 9.17) is 5.11 Å². The zero-order valence-electron chi connectivity index (χ0n) is 8.07. The molecule has 9 heteroatoms. The fraction of sp³-hybridized carbons (Fsp3) is 0.857. The van der Waals surface area contributed by atoms with E-state index in [1.54, 1.807) is 0 Å². The first-order valence-corrected chi connectivity index (χ1v) is 4.19. The van der Waals surface area contributed by atoms with E-state index in [9.17, 15) is 26.7 Å². The molecule has 0 unspecified atom stereocenters. The number of halogens is 5. The predicted octanol–water partition coefficient (Wildman–Crippen LogP) is -0.118. The zero-order valence-corrected chi connectivity index (χ0v) is 8.07. The van der Waals surface area contributed by atoms with Crippen molar-refractivity contribution in [3.05, 3.63) is 0 Å². The van der Waals surface area contributed by atoms with Crippen LogP contribution < -0.4 is 10.6 Å². The molecule has 0 saturated heterocycles. The Labute approximate surface area is 87.8 Å². The van der Waals surface area contributed by atoms with Crippen molar-refractivity contribution in [3.8, 4) is 0 Å². The summed E-state index contributed by atoms with van der Waals surface area (Å²) in [7, 11) is 0. The highest BCUT2D eigenvalue weighted by molar-refractivity contribution is 5.77. The minimum atomic E-state index is -4.54. The zero-order chi connectivity index (χ0) is 12.8. The van der Waals surface area contributed by atoms with E-state index in [2.05, 4.69) is 0 Å². The van der Waals surface area contributed by atoms with Gasteiger partial charge in [-0.25, -0.2) is 8.78 Å². The lowest BCUT2D eigenvalue weighted by atomic mass is 10.3. The molecule has 0 aromatic carbocycles. The van der Waals surface area contributed by atoms with Gasteiger partial charge >= 0.3 is 6.18 Å². The number of hydrogen-bond donors (Lipinski definition) is 3. The number of aliphatic hydroxyl groups excluding tert-OH is 1. The first-order valence-electron chi connectivity index (χ1n) is 4.19. The number of aliphatic hydroxyl groups is 1.